The monoisotopic (exact) mass is 534 g/mol. The van der Waals surface area contributed by atoms with Crippen LogP contribution in [0, 0.1) is 0 Å². The number of hydrogen-bond donors (Lipinski definition) is 8. The summed E-state index contributed by atoms with van der Waals surface area (Å²) in [5.41, 5.74) is 7.20. The van der Waals surface area contributed by atoms with Gasteiger partial charge in [0.1, 0.15) is 60.3 Å². The van der Waals surface area contributed by atoms with E-state index in [1.807, 2.05) is 0 Å². The zero-order valence-electron chi connectivity index (χ0n) is 20.1. The normalized spacial score (nSPS) is 33.6. The molecular weight excluding hydrogens is 504 g/mol. The summed E-state index contributed by atoms with van der Waals surface area (Å²) in [6.07, 6.45) is -8.51. The molecule has 5 unspecified atom stereocenters. The average molecular weight is 535 g/mol. The van der Waals surface area contributed by atoms with Crippen molar-refractivity contribution in [2.24, 2.45) is 0 Å². The molecule has 9 N–H and O–H groups in total. The standard InChI is InChI=1S/C23H30N6O9/c24-20-14-21(27-8-26-20)29(9-28-14)22-18(34)15(31)12(36-22)6-25-5-10-3-1-2-4-11(10)37-23-19(35)17(33)16(32)13(7-30)38-23/h1-4,8-9,12-13,15-19,22-23,25,30-35H,5-7H2,(H2,24,26,27)/t12-,13?,15-,16?,17?,18-,19?,22-,23?/m1/s1. The maximum Gasteiger partial charge on any atom is 0.229 e. The molecule has 15 heteroatoms. The Balaban J connectivity index is 1.22. The SMILES string of the molecule is Nc1ncnc2c1ncn2[C@@H]1O[C@H](CNCc2ccccc2OC2OC(CO)C(O)C(O)C2O)[C@@H](O)[C@H]1O. The third kappa shape index (κ3) is 4.91. The molecule has 4 heterocycles. The number of hydrogen-bond acceptors (Lipinski definition) is 14. The molecule has 2 aliphatic rings. The van der Waals surface area contributed by atoms with Crippen molar-refractivity contribution in [3.05, 3.63) is 42.5 Å². The van der Waals surface area contributed by atoms with Gasteiger partial charge in [-0.2, -0.15) is 0 Å². The summed E-state index contributed by atoms with van der Waals surface area (Å²) in [6, 6.07) is 6.88. The van der Waals surface area contributed by atoms with Crippen molar-refractivity contribution < 1.29 is 44.8 Å². The molecule has 2 fully saturated rings. The molecule has 1 aromatic carbocycles. The second-order valence-corrected chi connectivity index (χ2v) is 9.18. The summed E-state index contributed by atoms with van der Waals surface area (Å²) in [7, 11) is 0. The van der Waals surface area contributed by atoms with Gasteiger partial charge < -0.3 is 55.9 Å². The highest BCUT2D eigenvalue weighted by Crippen LogP contribution is 2.32. The number of aliphatic hydroxyl groups excluding tert-OH is 6. The molecule has 2 aromatic heterocycles. The van der Waals surface area contributed by atoms with E-state index in [1.165, 1.54) is 17.2 Å². The van der Waals surface area contributed by atoms with Crippen LogP contribution < -0.4 is 15.8 Å². The fourth-order valence-electron chi connectivity index (χ4n) is 4.59. The molecule has 0 spiro atoms. The van der Waals surface area contributed by atoms with Crippen LogP contribution >= 0.6 is 0 Å². The van der Waals surface area contributed by atoms with Crippen LogP contribution in [0.5, 0.6) is 5.75 Å². The van der Waals surface area contributed by atoms with Crippen molar-refractivity contribution in [1.29, 1.82) is 0 Å². The van der Waals surface area contributed by atoms with Crippen LogP contribution in [-0.2, 0) is 16.0 Å². The van der Waals surface area contributed by atoms with Gasteiger partial charge in [0, 0.05) is 18.7 Å². The summed E-state index contributed by atoms with van der Waals surface area (Å²) < 4.78 is 18.6. The third-order valence-electron chi connectivity index (χ3n) is 6.72. The number of ether oxygens (including phenoxy) is 3. The van der Waals surface area contributed by atoms with E-state index in [2.05, 4.69) is 20.3 Å². The Hall–Kier alpha value is -2.99. The van der Waals surface area contributed by atoms with Gasteiger partial charge in [-0.3, -0.25) is 4.57 Å². The smallest absolute Gasteiger partial charge is 0.229 e. The predicted octanol–water partition coefficient (Wildman–Crippen LogP) is -3.00. The van der Waals surface area contributed by atoms with Crippen LogP contribution in [0.3, 0.4) is 0 Å². The van der Waals surface area contributed by atoms with Gasteiger partial charge >= 0.3 is 0 Å². The number of nitrogens with one attached hydrogen (secondary N) is 1. The number of nitrogen functional groups attached to an aromatic ring is 1. The molecule has 0 amide bonds. The molecule has 0 bridgehead atoms. The largest absolute Gasteiger partial charge is 0.462 e. The van der Waals surface area contributed by atoms with Gasteiger partial charge in [0.15, 0.2) is 17.7 Å². The highest BCUT2D eigenvalue weighted by Gasteiger charge is 2.45. The maximum atomic E-state index is 10.6. The van der Waals surface area contributed by atoms with Gasteiger partial charge in [0.25, 0.3) is 0 Å². The highest BCUT2D eigenvalue weighted by atomic mass is 16.7. The van der Waals surface area contributed by atoms with Crippen LogP contribution in [0.4, 0.5) is 5.82 Å². The van der Waals surface area contributed by atoms with Gasteiger partial charge in [-0.25, -0.2) is 15.0 Å². The Morgan fingerprint density at radius 1 is 0.921 bits per heavy atom. The first-order valence-corrected chi connectivity index (χ1v) is 12.0. The maximum absolute atomic E-state index is 10.6. The van der Waals surface area contributed by atoms with Crippen LogP contribution in [0.1, 0.15) is 11.8 Å². The molecule has 0 saturated carbocycles. The van der Waals surface area contributed by atoms with Crippen LogP contribution in [0.15, 0.2) is 36.9 Å². The second-order valence-electron chi connectivity index (χ2n) is 9.18. The lowest BCUT2D eigenvalue weighted by Gasteiger charge is -2.39. The van der Waals surface area contributed by atoms with E-state index in [9.17, 15) is 30.6 Å². The zero-order chi connectivity index (χ0) is 27.0. The Morgan fingerprint density at radius 2 is 1.68 bits per heavy atom. The van der Waals surface area contributed by atoms with Gasteiger partial charge in [0.2, 0.25) is 6.29 Å². The van der Waals surface area contributed by atoms with E-state index in [0.717, 1.165) is 0 Å². The fourth-order valence-corrected chi connectivity index (χ4v) is 4.59. The van der Waals surface area contributed by atoms with Gasteiger partial charge in [-0.1, -0.05) is 18.2 Å². The number of fused-ring (bicyclic) bond motifs is 1. The van der Waals surface area contributed by atoms with Crippen molar-refractivity contribution in [3.63, 3.8) is 0 Å². The molecule has 9 atom stereocenters. The number of aromatic nitrogens is 4. The molecule has 2 saturated heterocycles. The number of rotatable bonds is 8. The van der Waals surface area contributed by atoms with Gasteiger partial charge in [0.05, 0.1) is 12.9 Å². The quantitative estimate of drug-likeness (QED) is 0.144. The Labute approximate surface area is 216 Å². The van der Waals surface area contributed by atoms with Gasteiger partial charge in [-0.05, 0) is 6.07 Å². The number of imidazole rings is 1. The van der Waals surface area contributed by atoms with E-state index in [-0.39, 0.29) is 18.9 Å². The minimum atomic E-state index is -1.56. The number of anilines is 1. The van der Waals surface area contributed by atoms with Gasteiger partial charge in [-0.15, -0.1) is 0 Å². The first-order valence-electron chi connectivity index (χ1n) is 12.0. The molecule has 0 radical (unpaired) electrons. The predicted molar refractivity (Wildman–Crippen MR) is 128 cm³/mol. The molecule has 3 aromatic rings. The topological polar surface area (TPSA) is 231 Å². The van der Waals surface area contributed by atoms with Crippen molar-refractivity contribution in [1.82, 2.24) is 24.8 Å². The molecule has 206 valence electrons. The number of para-hydroxylation sites is 1. The molecule has 15 nitrogen and oxygen atoms in total. The minimum absolute atomic E-state index is 0.160. The number of nitrogens with zero attached hydrogens (tertiary/aromatic N) is 4. The third-order valence-corrected chi connectivity index (χ3v) is 6.72. The minimum Gasteiger partial charge on any atom is -0.462 e. The summed E-state index contributed by atoms with van der Waals surface area (Å²) >= 11 is 0. The number of benzene rings is 1. The highest BCUT2D eigenvalue weighted by molar-refractivity contribution is 5.81. The van der Waals surface area contributed by atoms with Crippen LogP contribution in [-0.4, -0.2) is 112 Å². The van der Waals surface area contributed by atoms with Crippen molar-refractivity contribution in [2.75, 3.05) is 18.9 Å². The van der Waals surface area contributed by atoms with E-state index >= 15 is 0 Å². The Bertz CT molecular complexity index is 1250. The van der Waals surface area contributed by atoms with E-state index in [0.29, 0.717) is 22.5 Å². The molecule has 5 rings (SSSR count). The van der Waals surface area contributed by atoms with Crippen LogP contribution in [0.2, 0.25) is 0 Å². The summed E-state index contributed by atoms with van der Waals surface area (Å²) in [4.78, 5) is 12.2. The first kappa shape index (κ1) is 26.6. The first-order chi connectivity index (χ1) is 18.3. The molecule has 2 aliphatic heterocycles. The zero-order valence-corrected chi connectivity index (χ0v) is 20.1. The van der Waals surface area contributed by atoms with E-state index < -0.39 is 61.9 Å². The van der Waals surface area contributed by atoms with Crippen LogP contribution in [0.25, 0.3) is 11.2 Å². The van der Waals surface area contributed by atoms with Crippen molar-refractivity contribution >= 4 is 17.0 Å². The van der Waals surface area contributed by atoms with Crippen molar-refractivity contribution in [3.8, 4) is 5.75 Å². The molecule has 38 heavy (non-hydrogen) atoms. The second kappa shape index (κ2) is 11.0. The van der Waals surface area contributed by atoms with Crippen molar-refractivity contribution in [2.45, 2.75) is 61.8 Å². The lowest BCUT2D eigenvalue weighted by molar-refractivity contribution is -0.277. The Morgan fingerprint density at radius 3 is 2.47 bits per heavy atom. The molecule has 0 aliphatic carbocycles. The lowest BCUT2D eigenvalue weighted by atomic mass is 9.99. The number of nitrogens with two attached hydrogens (primary N) is 1. The average Bonchev–Trinajstić information content (AvgIpc) is 3.47. The summed E-state index contributed by atoms with van der Waals surface area (Å²) in [6.45, 7) is -0.161. The molecular formula is C23H30N6O9. The summed E-state index contributed by atoms with van der Waals surface area (Å²) in [5.74, 6) is 0.516. The lowest BCUT2D eigenvalue weighted by Crippen LogP contribution is -2.60. The fraction of sp³-hybridized carbons (Fsp3) is 0.522. The van der Waals surface area contributed by atoms with E-state index in [4.69, 9.17) is 19.9 Å². The Kier molecular flexibility index (Phi) is 7.71. The number of aliphatic hydroxyl groups is 6. The van der Waals surface area contributed by atoms with E-state index in [1.54, 1.807) is 24.3 Å². The summed E-state index contributed by atoms with van der Waals surface area (Å²) in [5, 5.41) is 64.1.